The molecule has 1 unspecified atom stereocenters. The van der Waals surface area contributed by atoms with E-state index in [1.165, 1.54) is 30.1 Å². The molecule has 1 saturated heterocycles. The van der Waals surface area contributed by atoms with Gasteiger partial charge < -0.3 is 44.6 Å². The van der Waals surface area contributed by atoms with Crippen molar-refractivity contribution in [3.05, 3.63) is 11.5 Å². The lowest BCUT2D eigenvalue weighted by molar-refractivity contribution is -0.117. The second-order valence-corrected chi connectivity index (χ2v) is 16.2. The van der Waals surface area contributed by atoms with Crippen molar-refractivity contribution in [2.75, 3.05) is 24.4 Å². The third-order valence-corrected chi connectivity index (χ3v) is 12.4. The van der Waals surface area contributed by atoms with E-state index >= 15 is 0 Å². The molecule has 0 radical (unpaired) electrons. The van der Waals surface area contributed by atoms with Crippen LogP contribution in [-0.2, 0) is 18.4 Å². The molecule has 5 fully saturated rings. The van der Waals surface area contributed by atoms with Crippen LogP contribution >= 0.6 is 26.8 Å². The van der Waals surface area contributed by atoms with Crippen molar-refractivity contribution >= 4 is 43.6 Å². The highest BCUT2D eigenvalue weighted by molar-refractivity contribution is 7.70. The molecular weight excluding hydrogens is 592 g/mol. The predicted molar refractivity (Wildman–Crippen MR) is 139 cm³/mol. The van der Waals surface area contributed by atoms with Gasteiger partial charge in [0.05, 0.1) is 24.8 Å². The fraction of sp³-hybridized carbons (Fsp3) is 0.773. The quantitative estimate of drug-likeness (QED) is 0.154. The number of nitrogens with one attached hydrogen (secondary N) is 1. The number of fused-ring (bicyclic) bond motifs is 1. The zero-order valence-electron chi connectivity index (χ0n) is 21.3. The van der Waals surface area contributed by atoms with Crippen molar-refractivity contribution in [3.8, 4) is 0 Å². The Balaban J connectivity index is 1.27. The van der Waals surface area contributed by atoms with Gasteiger partial charge in [0.1, 0.15) is 23.6 Å². The molecule has 15 nitrogen and oxygen atoms in total. The number of rotatable bonds is 9. The minimum absolute atomic E-state index is 0.0788. The van der Waals surface area contributed by atoms with Crippen LogP contribution in [0.4, 0.5) is 5.82 Å². The number of nitrogens with zero attached hydrogens (tertiary/aromatic N) is 4. The average molecular weight is 624 g/mol. The van der Waals surface area contributed by atoms with Crippen LogP contribution in [0.5, 0.6) is 0 Å². The van der Waals surface area contributed by atoms with Gasteiger partial charge in [-0.05, 0) is 67.9 Å². The molecule has 5 aliphatic rings. The predicted octanol–water partition coefficient (Wildman–Crippen LogP) is 1.18. The third kappa shape index (κ3) is 5.24. The maximum atomic E-state index is 12.1. The highest BCUT2D eigenvalue weighted by atomic mass is 35.5. The molecule has 7 rings (SSSR count). The van der Waals surface area contributed by atoms with Crippen molar-refractivity contribution in [2.24, 2.45) is 17.8 Å². The third-order valence-electron chi connectivity index (χ3n) is 8.78. The van der Waals surface area contributed by atoms with E-state index < -0.39 is 58.3 Å². The van der Waals surface area contributed by atoms with E-state index in [1.54, 1.807) is 0 Å². The van der Waals surface area contributed by atoms with Gasteiger partial charge >= 0.3 is 15.2 Å². The minimum Gasteiger partial charge on any atom is -0.393 e. The first-order valence-electron chi connectivity index (χ1n) is 13.1. The lowest BCUT2D eigenvalue weighted by Crippen LogP contribution is -2.54. The summed E-state index contributed by atoms with van der Waals surface area (Å²) in [7, 11) is -9.70. The molecule has 3 heterocycles. The molecule has 18 heteroatoms. The van der Waals surface area contributed by atoms with E-state index in [2.05, 4.69) is 20.4 Å². The van der Waals surface area contributed by atoms with E-state index in [1.807, 2.05) is 0 Å². The lowest BCUT2D eigenvalue weighted by atomic mass is 9.53. The van der Waals surface area contributed by atoms with Crippen LogP contribution in [0, 0.1) is 17.8 Å². The number of ether oxygens (including phenoxy) is 1. The molecule has 4 aliphatic carbocycles. The number of aliphatic hydroxyl groups is 3. The molecule has 0 spiro atoms. The number of hydrogen-bond donors (Lipinski definition) is 7. The molecule has 4 saturated carbocycles. The highest BCUT2D eigenvalue weighted by Gasteiger charge is 2.57. The maximum absolute atomic E-state index is 12.1. The number of halogens is 1. The normalized spacial score (nSPS) is 38.7. The molecule has 0 aromatic carbocycles. The summed E-state index contributed by atoms with van der Waals surface area (Å²) in [6.07, 6.45) is 3.60. The topological polar surface area (TPSA) is 230 Å². The van der Waals surface area contributed by atoms with Crippen LogP contribution in [-0.4, -0.2) is 92.2 Å². The number of aliphatic hydroxyl groups excluding tert-OH is 2. The first-order chi connectivity index (χ1) is 18.7. The number of hydrogen-bond acceptors (Lipinski definition) is 11. The molecule has 4 bridgehead atoms. The Morgan fingerprint density at radius 2 is 1.75 bits per heavy atom. The van der Waals surface area contributed by atoms with Gasteiger partial charge in [0.2, 0.25) is 5.28 Å². The van der Waals surface area contributed by atoms with Gasteiger partial charge in [0, 0.05) is 5.54 Å². The largest absolute Gasteiger partial charge is 0.393 e. The van der Waals surface area contributed by atoms with Crippen molar-refractivity contribution in [2.45, 2.75) is 68.1 Å². The molecule has 222 valence electrons. The molecule has 2 aromatic rings. The molecular formula is C22H32ClN5O10P2. The van der Waals surface area contributed by atoms with Crippen LogP contribution in [0.1, 0.15) is 44.8 Å². The average Bonchev–Trinajstić information content (AvgIpc) is 3.34. The summed E-state index contributed by atoms with van der Waals surface area (Å²) in [5, 5.41) is 40.3. The minimum atomic E-state index is -4.90. The highest BCUT2D eigenvalue weighted by Crippen LogP contribution is 2.57. The Morgan fingerprint density at radius 3 is 2.33 bits per heavy atom. The Kier molecular flexibility index (Phi) is 7.16. The standard InChI is InChI=1S/C22H32ClN5O10P2/c23-20-25-17(27-21-4-11-1-12(5-21)3-13(2-11)6-21)14-7-24-28(18(14)26-20)19-16(30)22(31,9-29)15(38-19)8-37-40(35,36)10-39(32,33)34/h7,11-13,15-16,19,29-31H,1-6,8-10H2,(H,35,36)(H,25,26,27)(H2,32,33,34)/t11?,12?,13?,15-,16+,19-,21?,22-/m1/s1. The second kappa shape index (κ2) is 9.92. The van der Waals surface area contributed by atoms with Crippen LogP contribution in [0.15, 0.2) is 6.20 Å². The fourth-order valence-electron chi connectivity index (χ4n) is 7.52. The SMILES string of the molecule is O=P(O)(O)CP(=O)(O)OC[C@H]1O[C@@H](n2ncc3c(NC45CC6CC(CC(C6)C4)C5)nc(Cl)nc32)[C@H](O)[C@@]1(O)CO. The summed E-state index contributed by atoms with van der Waals surface area (Å²) in [4.78, 5) is 36.5. The molecule has 40 heavy (non-hydrogen) atoms. The maximum Gasteiger partial charge on any atom is 0.340 e. The van der Waals surface area contributed by atoms with Gasteiger partial charge in [-0.1, -0.05) is 0 Å². The van der Waals surface area contributed by atoms with Crippen molar-refractivity contribution in [3.63, 3.8) is 0 Å². The zero-order valence-corrected chi connectivity index (χ0v) is 23.8. The van der Waals surface area contributed by atoms with Crippen LogP contribution in [0.3, 0.4) is 0 Å². The summed E-state index contributed by atoms with van der Waals surface area (Å²) in [6.45, 7) is -1.90. The Labute approximate surface area is 233 Å². The lowest BCUT2D eigenvalue weighted by Gasteiger charge is -2.57. The fourth-order valence-corrected chi connectivity index (χ4v) is 10.2. The van der Waals surface area contributed by atoms with Crippen LogP contribution in [0.25, 0.3) is 11.0 Å². The molecule has 1 aliphatic heterocycles. The zero-order chi connectivity index (χ0) is 28.7. The summed E-state index contributed by atoms with van der Waals surface area (Å²) in [5.74, 6) is 1.09. The summed E-state index contributed by atoms with van der Waals surface area (Å²) < 4.78 is 35.0. The van der Waals surface area contributed by atoms with E-state index in [9.17, 15) is 29.3 Å². The smallest absolute Gasteiger partial charge is 0.340 e. The number of anilines is 1. The van der Waals surface area contributed by atoms with E-state index in [-0.39, 0.29) is 16.5 Å². The van der Waals surface area contributed by atoms with Gasteiger partial charge in [-0.25, -0.2) is 4.68 Å². The van der Waals surface area contributed by atoms with Gasteiger partial charge in [0.25, 0.3) is 0 Å². The van der Waals surface area contributed by atoms with Crippen LogP contribution in [0.2, 0.25) is 5.28 Å². The van der Waals surface area contributed by atoms with Gasteiger partial charge in [-0.3, -0.25) is 9.13 Å². The Morgan fingerprint density at radius 1 is 1.12 bits per heavy atom. The van der Waals surface area contributed by atoms with Crippen molar-refractivity contribution in [1.29, 1.82) is 0 Å². The summed E-state index contributed by atoms with van der Waals surface area (Å²) >= 11 is 6.31. The molecule has 2 aromatic heterocycles. The first-order valence-corrected chi connectivity index (χ1v) is 17.0. The van der Waals surface area contributed by atoms with Gasteiger partial charge in [-0.15, -0.1) is 0 Å². The summed E-state index contributed by atoms with van der Waals surface area (Å²) in [5.41, 5.74) is -2.29. The Bertz CT molecular complexity index is 1370. The van der Waals surface area contributed by atoms with E-state index in [0.29, 0.717) is 29.0 Å². The Hall–Kier alpha value is -1.22. The monoisotopic (exact) mass is 623 g/mol. The molecule has 5 atom stereocenters. The van der Waals surface area contributed by atoms with E-state index in [0.717, 1.165) is 19.3 Å². The second-order valence-electron chi connectivity index (χ2n) is 11.8. The van der Waals surface area contributed by atoms with Crippen molar-refractivity contribution < 1.29 is 48.4 Å². The number of aromatic nitrogens is 4. The van der Waals surface area contributed by atoms with Crippen molar-refractivity contribution in [1.82, 2.24) is 19.7 Å². The first kappa shape index (κ1) is 28.9. The van der Waals surface area contributed by atoms with Gasteiger partial charge in [-0.2, -0.15) is 15.1 Å². The molecule has 7 N–H and O–H groups in total. The summed E-state index contributed by atoms with van der Waals surface area (Å²) in [6, 6.07) is 0. The van der Waals surface area contributed by atoms with Crippen LogP contribution < -0.4 is 5.32 Å². The van der Waals surface area contributed by atoms with Gasteiger partial charge in [0.15, 0.2) is 17.8 Å². The van der Waals surface area contributed by atoms with E-state index in [4.69, 9.17) is 30.6 Å². The molecule has 0 amide bonds.